The third-order valence-electron chi connectivity index (χ3n) is 6.17. The number of ketones is 1. The Morgan fingerprint density at radius 2 is 1.82 bits per heavy atom. The van der Waals surface area contributed by atoms with E-state index in [2.05, 4.69) is 18.0 Å². The molecule has 9 heteroatoms. The zero-order chi connectivity index (χ0) is 23.6. The number of para-hydroxylation sites is 1. The predicted molar refractivity (Wildman–Crippen MR) is 127 cm³/mol. The summed E-state index contributed by atoms with van der Waals surface area (Å²) in [5.74, 6) is 0.753. The third kappa shape index (κ3) is 4.48. The Balaban J connectivity index is 1.45. The summed E-state index contributed by atoms with van der Waals surface area (Å²) in [6.07, 6.45) is 2.67. The average molecular weight is 472 g/mol. The first-order chi connectivity index (χ1) is 15.9. The molecule has 176 valence electrons. The van der Waals surface area contributed by atoms with Gasteiger partial charge in [0.15, 0.2) is 5.78 Å². The molecule has 1 N–H and O–H groups in total. The number of aryl methyl sites for hydroxylation is 1. The van der Waals surface area contributed by atoms with E-state index in [0.717, 1.165) is 17.3 Å². The number of aromatic nitrogens is 1. The van der Waals surface area contributed by atoms with Crippen LogP contribution in [-0.2, 0) is 16.4 Å². The number of benzene rings is 2. The highest BCUT2D eigenvalue weighted by Crippen LogP contribution is 2.31. The van der Waals surface area contributed by atoms with E-state index in [4.69, 9.17) is 9.47 Å². The lowest BCUT2D eigenvalue weighted by molar-refractivity contribution is 0.0903. The highest BCUT2D eigenvalue weighted by Gasteiger charge is 2.32. The van der Waals surface area contributed by atoms with Crippen LogP contribution in [0.4, 0.5) is 0 Å². The van der Waals surface area contributed by atoms with Crippen LogP contribution in [0.25, 0.3) is 10.9 Å². The van der Waals surface area contributed by atoms with Gasteiger partial charge >= 0.3 is 0 Å². The van der Waals surface area contributed by atoms with Crippen LogP contribution in [0.1, 0.15) is 22.8 Å². The van der Waals surface area contributed by atoms with E-state index >= 15 is 0 Å². The highest BCUT2D eigenvalue weighted by atomic mass is 32.2. The number of carbonyl (C=O) groups is 1. The molecule has 0 saturated carbocycles. The van der Waals surface area contributed by atoms with E-state index in [1.165, 1.54) is 30.2 Å². The summed E-state index contributed by atoms with van der Waals surface area (Å²) in [6, 6.07) is 10.7. The van der Waals surface area contributed by atoms with E-state index in [-0.39, 0.29) is 23.0 Å². The van der Waals surface area contributed by atoms with E-state index in [0.29, 0.717) is 37.5 Å². The maximum absolute atomic E-state index is 13.3. The summed E-state index contributed by atoms with van der Waals surface area (Å²) in [4.78, 5) is 18.3. The number of Topliss-reactive ketones (excluding diaryl/α,β-unsaturated/α-hetero) is 1. The van der Waals surface area contributed by atoms with Gasteiger partial charge in [0.2, 0.25) is 10.0 Å². The topological polar surface area (TPSA) is 91.9 Å². The van der Waals surface area contributed by atoms with Crippen molar-refractivity contribution >= 4 is 26.7 Å². The number of sulfonamides is 1. The average Bonchev–Trinajstić information content (AvgIpc) is 3.28. The molecule has 4 rings (SSSR count). The zero-order valence-corrected chi connectivity index (χ0v) is 19.9. The van der Waals surface area contributed by atoms with Crippen LogP contribution in [0.5, 0.6) is 11.5 Å². The van der Waals surface area contributed by atoms with Gasteiger partial charge < -0.3 is 14.5 Å². The molecule has 1 aliphatic heterocycles. The molecule has 2 aromatic carbocycles. The fraction of sp³-hybridized carbons (Fsp3) is 0.375. The molecule has 1 aliphatic rings. The first-order valence-corrected chi connectivity index (χ1v) is 12.4. The summed E-state index contributed by atoms with van der Waals surface area (Å²) in [5, 5.41) is 0.936. The summed E-state index contributed by atoms with van der Waals surface area (Å²) >= 11 is 0. The van der Waals surface area contributed by atoms with Crippen molar-refractivity contribution in [3.63, 3.8) is 0 Å². The molecule has 1 fully saturated rings. The van der Waals surface area contributed by atoms with Gasteiger partial charge in [-0.3, -0.25) is 9.69 Å². The van der Waals surface area contributed by atoms with E-state index in [1.807, 2.05) is 17.0 Å². The number of ether oxygens (including phenoxy) is 2. The standard InChI is InChI=1S/C24H29N3O5S/c1-4-17-6-5-7-19-20(15-25-24(17)19)21(28)16-26-10-12-27(13-11-26)33(29,30)23-14-18(31-2)8-9-22(23)32-3/h5-9,14-15,25H,4,10-13,16H2,1-3H3. The Hall–Kier alpha value is -2.88. The maximum Gasteiger partial charge on any atom is 0.246 e. The van der Waals surface area contributed by atoms with Crippen molar-refractivity contribution < 1.29 is 22.7 Å². The van der Waals surface area contributed by atoms with Crippen molar-refractivity contribution in [1.29, 1.82) is 0 Å². The first kappa shape index (κ1) is 23.3. The zero-order valence-electron chi connectivity index (χ0n) is 19.1. The molecular formula is C24H29N3O5S. The van der Waals surface area contributed by atoms with Crippen LogP contribution in [0.15, 0.2) is 47.5 Å². The van der Waals surface area contributed by atoms with Gasteiger partial charge in [-0.25, -0.2) is 8.42 Å². The number of hydrogen-bond acceptors (Lipinski definition) is 6. The largest absolute Gasteiger partial charge is 0.497 e. The number of nitrogens with one attached hydrogen (secondary N) is 1. The number of hydrogen-bond donors (Lipinski definition) is 1. The lowest BCUT2D eigenvalue weighted by Crippen LogP contribution is -2.49. The minimum Gasteiger partial charge on any atom is -0.497 e. The Morgan fingerprint density at radius 1 is 1.06 bits per heavy atom. The SMILES string of the molecule is CCc1cccc2c(C(=O)CN3CCN(S(=O)(=O)c4cc(OC)ccc4OC)CC3)c[nH]c12. The van der Waals surface area contributed by atoms with Crippen molar-refractivity contribution in [3.8, 4) is 11.5 Å². The van der Waals surface area contributed by atoms with Gasteiger partial charge in [0.1, 0.15) is 16.4 Å². The van der Waals surface area contributed by atoms with Crippen LogP contribution in [-0.4, -0.2) is 75.3 Å². The Labute approximate surface area is 194 Å². The van der Waals surface area contributed by atoms with E-state index in [1.54, 1.807) is 18.3 Å². The molecule has 0 atom stereocenters. The molecule has 0 amide bonds. The second-order valence-corrected chi connectivity index (χ2v) is 9.92. The van der Waals surface area contributed by atoms with Crippen LogP contribution < -0.4 is 9.47 Å². The minimum absolute atomic E-state index is 0.0280. The van der Waals surface area contributed by atoms with Gasteiger partial charge in [-0.2, -0.15) is 4.31 Å². The van der Waals surface area contributed by atoms with Gasteiger partial charge in [0, 0.05) is 54.9 Å². The lowest BCUT2D eigenvalue weighted by atomic mass is 10.0. The number of aromatic amines is 1. The third-order valence-corrected chi connectivity index (χ3v) is 8.09. The molecule has 1 saturated heterocycles. The second-order valence-electron chi connectivity index (χ2n) is 8.02. The minimum atomic E-state index is -3.76. The van der Waals surface area contributed by atoms with Crippen molar-refractivity contribution in [2.24, 2.45) is 0 Å². The number of nitrogens with zero attached hydrogens (tertiary/aromatic N) is 2. The molecule has 0 aliphatic carbocycles. The van der Waals surface area contributed by atoms with Gasteiger partial charge in [-0.15, -0.1) is 0 Å². The second kappa shape index (κ2) is 9.54. The summed E-state index contributed by atoms with van der Waals surface area (Å²) in [5.41, 5.74) is 2.86. The molecule has 8 nitrogen and oxygen atoms in total. The molecule has 0 spiro atoms. The Bertz CT molecular complexity index is 1260. The fourth-order valence-electron chi connectivity index (χ4n) is 4.28. The number of H-pyrrole nitrogens is 1. The Morgan fingerprint density at radius 3 is 2.48 bits per heavy atom. The molecule has 3 aromatic rings. The molecule has 0 radical (unpaired) electrons. The predicted octanol–water partition coefficient (Wildman–Crippen LogP) is 2.94. The summed E-state index contributed by atoms with van der Waals surface area (Å²) in [6.45, 7) is 3.87. The molecule has 0 unspecified atom stereocenters. The van der Waals surface area contributed by atoms with Crippen LogP contribution in [0, 0.1) is 0 Å². The van der Waals surface area contributed by atoms with Gasteiger partial charge in [-0.05, 0) is 24.1 Å². The number of methoxy groups -OCH3 is 2. The lowest BCUT2D eigenvalue weighted by Gasteiger charge is -2.33. The van der Waals surface area contributed by atoms with Crippen molar-refractivity contribution in [1.82, 2.24) is 14.2 Å². The number of carbonyl (C=O) groups excluding carboxylic acids is 1. The summed E-state index contributed by atoms with van der Waals surface area (Å²) < 4.78 is 38.4. The molecule has 1 aromatic heterocycles. The molecule has 0 bridgehead atoms. The normalized spacial score (nSPS) is 15.6. The maximum atomic E-state index is 13.3. The smallest absolute Gasteiger partial charge is 0.246 e. The van der Waals surface area contributed by atoms with E-state index in [9.17, 15) is 13.2 Å². The highest BCUT2D eigenvalue weighted by molar-refractivity contribution is 7.89. The van der Waals surface area contributed by atoms with E-state index < -0.39 is 10.0 Å². The molecular weight excluding hydrogens is 442 g/mol. The Kier molecular flexibility index (Phi) is 6.73. The van der Waals surface area contributed by atoms with Crippen molar-refractivity contribution in [2.45, 2.75) is 18.2 Å². The van der Waals surface area contributed by atoms with Gasteiger partial charge in [0.25, 0.3) is 0 Å². The molecule has 2 heterocycles. The number of fused-ring (bicyclic) bond motifs is 1. The van der Waals surface area contributed by atoms with Crippen molar-refractivity contribution in [2.75, 3.05) is 46.9 Å². The number of piperazine rings is 1. The first-order valence-electron chi connectivity index (χ1n) is 11.0. The molecule has 33 heavy (non-hydrogen) atoms. The van der Waals surface area contributed by atoms with Crippen LogP contribution in [0.2, 0.25) is 0 Å². The van der Waals surface area contributed by atoms with Crippen LogP contribution >= 0.6 is 0 Å². The monoisotopic (exact) mass is 471 g/mol. The number of rotatable bonds is 8. The van der Waals surface area contributed by atoms with Gasteiger partial charge in [-0.1, -0.05) is 25.1 Å². The van der Waals surface area contributed by atoms with Crippen molar-refractivity contribution in [3.05, 3.63) is 53.7 Å². The summed E-state index contributed by atoms with van der Waals surface area (Å²) in [7, 11) is -0.823. The van der Waals surface area contributed by atoms with Crippen LogP contribution in [0.3, 0.4) is 0 Å². The fourth-order valence-corrected chi connectivity index (χ4v) is 5.88. The van der Waals surface area contributed by atoms with Gasteiger partial charge in [0.05, 0.1) is 20.8 Å². The quantitative estimate of drug-likeness (QED) is 0.508.